The minimum Gasteiger partial charge on any atom is -0.370 e. The smallest absolute Gasteiger partial charge is 0.100 e. The van der Waals surface area contributed by atoms with Gasteiger partial charge in [-0.2, -0.15) is 0 Å². The van der Waals surface area contributed by atoms with Crippen molar-refractivity contribution in [3.63, 3.8) is 0 Å². The molecule has 15 heavy (non-hydrogen) atoms. The van der Waals surface area contributed by atoms with Gasteiger partial charge in [0.05, 0.1) is 6.61 Å². The lowest BCUT2D eigenvalue weighted by Crippen LogP contribution is -2.51. The number of hydrogen-bond acceptors (Lipinski definition) is 2. The maximum Gasteiger partial charge on any atom is 0.100 e. The molecule has 1 aliphatic heterocycles. The fourth-order valence-corrected chi connectivity index (χ4v) is 2.21. The zero-order valence-electron chi connectivity index (χ0n) is 9.71. The summed E-state index contributed by atoms with van der Waals surface area (Å²) in [5, 5.41) is 3.51. The normalized spacial score (nSPS) is 25.1. The van der Waals surface area contributed by atoms with Gasteiger partial charge in [-0.15, -0.1) is 0 Å². The van der Waals surface area contributed by atoms with Gasteiger partial charge in [0.15, 0.2) is 0 Å². The van der Waals surface area contributed by atoms with Gasteiger partial charge in [-0.3, -0.25) is 0 Å². The van der Waals surface area contributed by atoms with Crippen molar-refractivity contribution in [3.8, 4) is 0 Å². The quantitative estimate of drug-likeness (QED) is 0.760. The molecule has 0 amide bonds. The number of hydrogen-bond donors (Lipinski definition) is 1. The van der Waals surface area contributed by atoms with E-state index in [2.05, 4.69) is 50.4 Å². The van der Waals surface area contributed by atoms with Crippen molar-refractivity contribution in [3.05, 3.63) is 35.4 Å². The summed E-state index contributed by atoms with van der Waals surface area (Å²) in [5.74, 6) is 0. The second kappa shape index (κ2) is 3.95. The van der Waals surface area contributed by atoms with Gasteiger partial charge < -0.3 is 10.1 Å². The summed E-state index contributed by atoms with van der Waals surface area (Å²) in [5.41, 5.74) is 2.62. The molecule has 0 bridgehead atoms. The maximum atomic E-state index is 5.90. The largest absolute Gasteiger partial charge is 0.370 e. The average molecular weight is 205 g/mol. The molecule has 1 aliphatic rings. The standard InChI is InChI=1S/C13H19NO/c1-10-6-4-5-7-11(10)12-13(2,3)14-8-9-15-12/h4-7,12,14H,8-9H2,1-3H3. The van der Waals surface area contributed by atoms with E-state index in [0.29, 0.717) is 0 Å². The van der Waals surface area contributed by atoms with E-state index in [4.69, 9.17) is 4.74 Å². The van der Waals surface area contributed by atoms with Crippen LogP contribution in [-0.4, -0.2) is 18.7 Å². The van der Waals surface area contributed by atoms with Crippen LogP contribution in [0.1, 0.15) is 31.1 Å². The topological polar surface area (TPSA) is 21.3 Å². The molecular formula is C13H19NO. The van der Waals surface area contributed by atoms with Crippen LogP contribution in [-0.2, 0) is 4.74 Å². The Kier molecular flexibility index (Phi) is 2.81. The number of ether oxygens (including phenoxy) is 1. The van der Waals surface area contributed by atoms with Gasteiger partial charge in [0.25, 0.3) is 0 Å². The molecule has 1 aromatic rings. The van der Waals surface area contributed by atoms with Crippen LogP contribution in [0, 0.1) is 6.92 Å². The Bertz CT molecular complexity index is 346. The Morgan fingerprint density at radius 2 is 2.07 bits per heavy atom. The number of nitrogens with one attached hydrogen (secondary N) is 1. The third kappa shape index (κ3) is 2.06. The molecule has 0 aliphatic carbocycles. The molecule has 1 heterocycles. The van der Waals surface area contributed by atoms with E-state index in [1.54, 1.807) is 0 Å². The fraction of sp³-hybridized carbons (Fsp3) is 0.538. The summed E-state index contributed by atoms with van der Waals surface area (Å²) in [7, 11) is 0. The molecule has 82 valence electrons. The van der Waals surface area contributed by atoms with Gasteiger partial charge in [0.1, 0.15) is 6.10 Å². The van der Waals surface area contributed by atoms with E-state index in [0.717, 1.165) is 13.2 Å². The van der Waals surface area contributed by atoms with Crippen LogP contribution < -0.4 is 5.32 Å². The molecule has 2 nitrogen and oxygen atoms in total. The van der Waals surface area contributed by atoms with E-state index in [1.165, 1.54) is 11.1 Å². The first-order valence-electron chi connectivity index (χ1n) is 5.53. The predicted octanol–water partition coefficient (Wildman–Crippen LogP) is 2.43. The first-order valence-corrected chi connectivity index (χ1v) is 5.53. The zero-order valence-corrected chi connectivity index (χ0v) is 9.71. The summed E-state index contributed by atoms with van der Waals surface area (Å²) in [4.78, 5) is 0. The van der Waals surface area contributed by atoms with Gasteiger partial charge >= 0.3 is 0 Å². The molecule has 1 unspecified atom stereocenters. The molecule has 0 spiro atoms. The van der Waals surface area contributed by atoms with Gasteiger partial charge in [-0.05, 0) is 31.9 Å². The Morgan fingerprint density at radius 1 is 1.33 bits per heavy atom. The highest BCUT2D eigenvalue weighted by Gasteiger charge is 2.34. The van der Waals surface area contributed by atoms with Crippen molar-refractivity contribution in [2.24, 2.45) is 0 Å². The van der Waals surface area contributed by atoms with Gasteiger partial charge in [0.2, 0.25) is 0 Å². The summed E-state index contributed by atoms with van der Waals surface area (Å²) in [6, 6.07) is 8.45. The molecular weight excluding hydrogens is 186 g/mol. The highest BCUT2D eigenvalue weighted by atomic mass is 16.5. The summed E-state index contributed by atoms with van der Waals surface area (Å²) in [6.07, 6.45) is 0.160. The van der Waals surface area contributed by atoms with Crippen LogP contribution in [0.3, 0.4) is 0 Å². The summed E-state index contributed by atoms with van der Waals surface area (Å²) < 4.78 is 5.90. The Balaban J connectivity index is 2.33. The molecule has 2 rings (SSSR count). The third-order valence-electron chi connectivity index (χ3n) is 3.09. The van der Waals surface area contributed by atoms with Crippen molar-refractivity contribution in [2.45, 2.75) is 32.4 Å². The maximum absolute atomic E-state index is 5.90. The van der Waals surface area contributed by atoms with Crippen LogP contribution in [0.4, 0.5) is 0 Å². The average Bonchev–Trinajstić information content (AvgIpc) is 2.19. The Hall–Kier alpha value is -0.860. The van der Waals surface area contributed by atoms with Crippen LogP contribution >= 0.6 is 0 Å². The zero-order chi connectivity index (χ0) is 10.9. The predicted molar refractivity (Wildman–Crippen MR) is 62.0 cm³/mol. The Labute approximate surface area is 91.6 Å². The molecule has 0 aromatic heterocycles. The lowest BCUT2D eigenvalue weighted by molar-refractivity contribution is -0.0391. The first kappa shape index (κ1) is 10.7. The molecule has 0 saturated carbocycles. The van der Waals surface area contributed by atoms with Crippen molar-refractivity contribution in [1.82, 2.24) is 5.32 Å². The van der Waals surface area contributed by atoms with Crippen molar-refractivity contribution >= 4 is 0 Å². The number of morpholine rings is 1. The van der Waals surface area contributed by atoms with Crippen LogP contribution in [0.2, 0.25) is 0 Å². The van der Waals surface area contributed by atoms with E-state index >= 15 is 0 Å². The fourth-order valence-electron chi connectivity index (χ4n) is 2.21. The monoisotopic (exact) mass is 205 g/mol. The molecule has 1 saturated heterocycles. The van der Waals surface area contributed by atoms with Crippen molar-refractivity contribution in [2.75, 3.05) is 13.2 Å². The van der Waals surface area contributed by atoms with E-state index in [1.807, 2.05) is 0 Å². The minimum absolute atomic E-state index is 0.0182. The van der Waals surface area contributed by atoms with Crippen molar-refractivity contribution in [1.29, 1.82) is 0 Å². The van der Waals surface area contributed by atoms with Crippen LogP contribution in [0.5, 0.6) is 0 Å². The summed E-state index contributed by atoms with van der Waals surface area (Å²) >= 11 is 0. The van der Waals surface area contributed by atoms with E-state index in [9.17, 15) is 0 Å². The van der Waals surface area contributed by atoms with E-state index in [-0.39, 0.29) is 11.6 Å². The molecule has 0 radical (unpaired) electrons. The van der Waals surface area contributed by atoms with Crippen LogP contribution in [0.15, 0.2) is 24.3 Å². The van der Waals surface area contributed by atoms with Gasteiger partial charge in [0, 0.05) is 12.1 Å². The molecule has 1 fully saturated rings. The molecule has 1 N–H and O–H groups in total. The molecule has 1 aromatic carbocycles. The van der Waals surface area contributed by atoms with Gasteiger partial charge in [-0.1, -0.05) is 24.3 Å². The highest BCUT2D eigenvalue weighted by Crippen LogP contribution is 2.33. The number of benzene rings is 1. The minimum atomic E-state index is 0.0182. The molecule has 1 atom stereocenters. The SMILES string of the molecule is Cc1ccccc1C1OCCNC1(C)C. The second-order valence-corrected chi connectivity index (χ2v) is 4.76. The van der Waals surface area contributed by atoms with Gasteiger partial charge in [-0.25, -0.2) is 0 Å². The van der Waals surface area contributed by atoms with E-state index < -0.39 is 0 Å². The molecule has 2 heteroatoms. The van der Waals surface area contributed by atoms with Crippen LogP contribution in [0.25, 0.3) is 0 Å². The first-order chi connectivity index (χ1) is 7.11. The number of rotatable bonds is 1. The Morgan fingerprint density at radius 3 is 2.73 bits per heavy atom. The number of aryl methyl sites for hydroxylation is 1. The second-order valence-electron chi connectivity index (χ2n) is 4.76. The highest BCUT2D eigenvalue weighted by molar-refractivity contribution is 5.30. The van der Waals surface area contributed by atoms with Crippen molar-refractivity contribution < 1.29 is 4.74 Å². The lowest BCUT2D eigenvalue weighted by atomic mass is 9.88. The lowest BCUT2D eigenvalue weighted by Gasteiger charge is -2.40. The summed E-state index contributed by atoms with van der Waals surface area (Å²) in [6.45, 7) is 8.27. The third-order valence-corrected chi connectivity index (χ3v) is 3.09.